The summed E-state index contributed by atoms with van der Waals surface area (Å²) in [7, 11) is 0. The number of benzene rings is 2. The van der Waals surface area contributed by atoms with Crippen molar-refractivity contribution in [3.8, 4) is 11.5 Å². The summed E-state index contributed by atoms with van der Waals surface area (Å²) in [6.45, 7) is 0. The molecule has 1 aromatic heterocycles. The molecule has 128 valence electrons. The Hall–Kier alpha value is -1.95. The smallest absolute Gasteiger partial charge is 0.146 e. The molecule has 0 bridgehead atoms. The van der Waals surface area contributed by atoms with Crippen LogP contribution < -0.4 is 4.74 Å². The monoisotopic (exact) mass is 395 g/mol. The van der Waals surface area contributed by atoms with Crippen LogP contribution in [0.1, 0.15) is 10.6 Å². The number of carbonyl (C=O) groups is 1. The third-order valence-electron chi connectivity index (χ3n) is 3.36. The Morgan fingerprint density at radius 2 is 1.92 bits per heavy atom. The molecule has 0 atom stereocenters. The summed E-state index contributed by atoms with van der Waals surface area (Å²) in [5.74, 6) is 0.239. The van der Waals surface area contributed by atoms with Crippen LogP contribution in [0.5, 0.6) is 11.5 Å². The van der Waals surface area contributed by atoms with Gasteiger partial charge < -0.3 is 4.74 Å². The zero-order valence-electron chi connectivity index (χ0n) is 12.8. The number of Topliss-reactive ketones (excluding diaryl/α,β-unsaturated/α-hetero) is 1. The molecule has 3 nitrogen and oxygen atoms in total. The lowest BCUT2D eigenvalue weighted by atomic mass is 10.1. The van der Waals surface area contributed by atoms with Crippen LogP contribution in [0.2, 0.25) is 10.0 Å². The van der Waals surface area contributed by atoms with E-state index in [0.29, 0.717) is 27.1 Å². The highest BCUT2D eigenvalue weighted by Gasteiger charge is 2.14. The number of carbonyl (C=O) groups excluding carboxylic acids is 1. The molecule has 0 amide bonds. The van der Waals surface area contributed by atoms with Crippen molar-refractivity contribution in [3.63, 3.8) is 0 Å². The van der Waals surface area contributed by atoms with Gasteiger partial charge in [0.05, 0.1) is 16.5 Å². The van der Waals surface area contributed by atoms with E-state index in [1.165, 1.54) is 29.5 Å². The van der Waals surface area contributed by atoms with Crippen molar-refractivity contribution in [3.05, 3.63) is 74.4 Å². The second-order valence-corrected chi connectivity index (χ2v) is 7.07. The lowest BCUT2D eigenvalue weighted by molar-refractivity contribution is -0.117. The van der Waals surface area contributed by atoms with E-state index < -0.39 is 5.82 Å². The molecule has 2 aromatic carbocycles. The molecule has 0 N–H and O–H groups in total. The van der Waals surface area contributed by atoms with Gasteiger partial charge in [0, 0.05) is 28.6 Å². The minimum absolute atomic E-state index is 0.0396. The molecule has 0 spiro atoms. The summed E-state index contributed by atoms with van der Waals surface area (Å²) < 4.78 is 19.4. The maximum absolute atomic E-state index is 13.6. The van der Waals surface area contributed by atoms with E-state index in [0.717, 1.165) is 5.01 Å². The molecule has 0 aliphatic rings. The van der Waals surface area contributed by atoms with Crippen LogP contribution in [0.4, 0.5) is 4.39 Å². The van der Waals surface area contributed by atoms with Gasteiger partial charge in [0.25, 0.3) is 0 Å². The molecule has 0 aliphatic heterocycles. The van der Waals surface area contributed by atoms with E-state index in [1.54, 1.807) is 24.4 Å². The molecule has 0 radical (unpaired) electrons. The molecule has 0 aliphatic carbocycles. The van der Waals surface area contributed by atoms with Gasteiger partial charge in [-0.3, -0.25) is 4.79 Å². The fourth-order valence-electron chi connectivity index (χ4n) is 2.25. The fourth-order valence-corrected chi connectivity index (χ4v) is 3.34. The number of thiazole rings is 1. The van der Waals surface area contributed by atoms with Crippen molar-refractivity contribution >= 4 is 40.3 Å². The van der Waals surface area contributed by atoms with Crippen molar-refractivity contribution in [2.45, 2.75) is 12.8 Å². The molecule has 25 heavy (non-hydrogen) atoms. The lowest BCUT2D eigenvalue weighted by Crippen LogP contribution is -2.07. The van der Waals surface area contributed by atoms with E-state index in [1.807, 2.05) is 5.38 Å². The summed E-state index contributed by atoms with van der Waals surface area (Å²) in [5, 5.41) is 3.35. The Morgan fingerprint density at radius 1 is 1.12 bits per heavy atom. The highest BCUT2D eigenvalue weighted by molar-refractivity contribution is 7.09. The predicted molar refractivity (Wildman–Crippen MR) is 97.5 cm³/mol. The van der Waals surface area contributed by atoms with Crippen molar-refractivity contribution in [2.75, 3.05) is 0 Å². The molecule has 3 rings (SSSR count). The highest BCUT2D eigenvalue weighted by atomic mass is 35.5. The SMILES string of the molecule is O=C(Cc1nccs1)Cc1cc(F)ccc1Oc1ccc(Cl)cc1Cl. The molecule has 0 saturated carbocycles. The summed E-state index contributed by atoms with van der Waals surface area (Å²) in [6.07, 6.45) is 1.89. The Bertz CT molecular complexity index is 900. The second kappa shape index (κ2) is 7.95. The maximum atomic E-state index is 13.6. The van der Waals surface area contributed by atoms with E-state index >= 15 is 0 Å². The zero-order chi connectivity index (χ0) is 17.8. The summed E-state index contributed by atoms with van der Waals surface area (Å²) >= 11 is 13.4. The van der Waals surface area contributed by atoms with Gasteiger partial charge in [-0.05, 0) is 36.4 Å². The highest BCUT2D eigenvalue weighted by Crippen LogP contribution is 2.33. The Kier molecular flexibility index (Phi) is 5.68. The van der Waals surface area contributed by atoms with Gasteiger partial charge >= 0.3 is 0 Å². The molecule has 1 heterocycles. The molecular weight excluding hydrogens is 384 g/mol. The Labute approximate surface area is 158 Å². The number of hydrogen-bond donors (Lipinski definition) is 0. The number of halogens is 3. The van der Waals surface area contributed by atoms with E-state index in [4.69, 9.17) is 27.9 Å². The number of hydrogen-bond acceptors (Lipinski definition) is 4. The second-order valence-electron chi connectivity index (χ2n) is 5.25. The van der Waals surface area contributed by atoms with E-state index in [-0.39, 0.29) is 18.6 Å². The van der Waals surface area contributed by atoms with Gasteiger partial charge in [-0.25, -0.2) is 9.37 Å². The van der Waals surface area contributed by atoms with Gasteiger partial charge in [-0.15, -0.1) is 11.3 Å². The minimum atomic E-state index is -0.438. The van der Waals surface area contributed by atoms with E-state index in [2.05, 4.69) is 4.98 Å². The van der Waals surface area contributed by atoms with Crippen molar-refractivity contribution in [1.29, 1.82) is 0 Å². The zero-order valence-corrected chi connectivity index (χ0v) is 15.2. The molecule has 0 unspecified atom stereocenters. The van der Waals surface area contributed by atoms with Crippen LogP contribution in [0.25, 0.3) is 0 Å². The molecule has 0 saturated heterocycles. The van der Waals surface area contributed by atoms with Gasteiger partial charge in [0.15, 0.2) is 0 Å². The largest absolute Gasteiger partial charge is 0.455 e. The summed E-state index contributed by atoms with van der Waals surface area (Å²) in [5.41, 5.74) is 0.451. The standard InChI is InChI=1S/C18H12Cl2FNO2S/c19-12-1-3-17(15(20)9-12)24-16-4-2-13(21)7-11(16)8-14(23)10-18-22-5-6-25-18/h1-7,9H,8,10H2. The van der Waals surface area contributed by atoms with Crippen LogP contribution >= 0.6 is 34.5 Å². The summed E-state index contributed by atoms with van der Waals surface area (Å²) in [6, 6.07) is 8.85. The van der Waals surface area contributed by atoms with Crippen LogP contribution in [0.15, 0.2) is 48.0 Å². The first-order chi connectivity index (χ1) is 12.0. The topological polar surface area (TPSA) is 39.2 Å². The first-order valence-corrected chi connectivity index (χ1v) is 8.96. The number of nitrogens with zero attached hydrogens (tertiary/aromatic N) is 1. The average Bonchev–Trinajstić information content (AvgIpc) is 3.05. The molecular formula is C18H12Cl2FNO2S. The number of ketones is 1. The number of ether oxygens (including phenoxy) is 1. The van der Waals surface area contributed by atoms with Crippen LogP contribution in [0, 0.1) is 5.82 Å². The normalized spacial score (nSPS) is 10.7. The first-order valence-electron chi connectivity index (χ1n) is 7.32. The van der Waals surface area contributed by atoms with Crippen LogP contribution in [-0.4, -0.2) is 10.8 Å². The summed E-state index contributed by atoms with van der Waals surface area (Å²) in [4.78, 5) is 16.3. The van der Waals surface area contributed by atoms with Crippen LogP contribution in [0.3, 0.4) is 0 Å². The molecule has 3 aromatic rings. The molecule has 7 heteroatoms. The molecule has 0 fully saturated rings. The third kappa shape index (κ3) is 4.78. The Balaban J connectivity index is 1.81. The van der Waals surface area contributed by atoms with E-state index in [9.17, 15) is 9.18 Å². The van der Waals surface area contributed by atoms with Gasteiger partial charge in [0.1, 0.15) is 23.1 Å². The van der Waals surface area contributed by atoms with Gasteiger partial charge in [-0.2, -0.15) is 0 Å². The maximum Gasteiger partial charge on any atom is 0.146 e. The van der Waals surface area contributed by atoms with Crippen molar-refractivity contribution in [1.82, 2.24) is 4.98 Å². The lowest BCUT2D eigenvalue weighted by Gasteiger charge is -2.12. The van der Waals surface area contributed by atoms with Crippen molar-refractivity contribution < 1.29 is 13.9 Å². The van der Waals surface area contributed by atoms with Gasteiger partial charge in [0.2, 0.25) is 0 Å². The quantitative estimate of drug-likeness (QED) is 0.534. The number of rotatable bonds is 6. The minimum Gasteiger partial charge on any atom is -0.455 e. The van der Waals surface area contributed by atoms with Crippen LogP contribution in [-0.2, 0) is 17.6 Å². The van der Waals surface area contributed by atoms with Crippen molar-refractivity contribution in [2.24, 2.45) is 0 Å². The third-order valence-corrected chi connectivity index (χ3v) is 4.67. The first kappa shape index (κ1) is 17.9. The van der Waals surface area contributed by atoms with Gasteiger partial charge in [-0.1, -0.05) is 23.2 Å². The average molecular weight is 396 g/mol. The Morgan fingerprint density at radius 3 is 2.64 bits per heavy atom. The fraction of sp³-hybridized carbons (Fsp3) is 0.111. The predicted octanol–water partition coefficient (Wildman–Crippen LogP) is 5.74. The number of aromatic nitrogens is 1.